The van der Waals surface area contributed by atoms with Crippen molar-refractivity contribution in [1.82, 2.24) is 10.6 Å². The van der Waals surface area contributed by atoms with Gasteiger partial charge in [-0.3, -0.25) is 4.79 Å². The molecule has 4 nitrogen and oxygen atoms in total. The highest BCUT2D eigenvalue weighted by Gasteiger charge is 2.10. The second-order valence-corrected chi connectivity index (χ2v) is 3.01. The van der Waals surface area contributed by atoms with Crippen LogP contribution in [-0.2, 0) is 9.53 Å². The van der Waals surface area contributed by atoms with E-state index in [1.165, 1.54) is 0 Å². The molecule has 1 rings (SSSR count). The highest BCUT2D eigenvalue weighted by Crippen LogP contribution is 2.08. The average molecular weight is 184 g/mol. The number of nitrogens with one attached hydrogen (secondary N) is 2. The third-order valence-corrected chi connectivity index (χ3v) is 1.96. The van der Waals surface area contributed by atoms with E-state index < -0.39 is 0 Å². The Hall–Kier alpha value is -1.03. The molecule has 13 heavy (non-hydrogen) atoms. The minimum Gasteiger partial charge on any atom is -0.497 e. The predicted molar refractivity (Wildman–Crippen MR) is 50.2 cm³/mol. The first-order chi connectivity index (χ1) is 6.33. The predicted octanol–water partition coefficient (Wildman–Crippen LogP) is 0.0147. The van der Waals surface area contributed by atoms with Gasteiger partial charge in [-0.1, -0.05) is 0 Å². The molecule has 0 aromatic carbocycles. The van der Waals surface area contributed by atoms with Gasteiger partial charge in [0.1, 0.15) is 6.10 Å². The van der Waals surface area contributed by atoms with Crippen LogP contribution in [0.4, 0.5) is 0 Å². The topological polar surface area (TPSA) is 50.4 Å². The Morgan fingerprint density at radius 2 is 2.54 bits per heavy atom. The Morgan fingerprint density at radius 3 is 3.15 bits per heavy atom. The largest absolute Gasteiger partial charge is 0.497 e. The first-order valence-corrected chi connectivity index (χ1v) is 4.54. The third kappa shape index (κ3) is 3.94. The van der Waals surface area contributed by atoms with Crippen LogP contribution in [0.2, 0.25) is 0 Å². The van der Waals surface area contributed by atoms with E-state index >= 15 is 0 Å². The summed E-state index contributed by atoms with van der Waals surface area (Å²) < 4.78 is 5.32. The molecule has 1 aliphatic heterocycles. The Morgan fingerprint density at radius 1 is 1.69 bits per heavy atom. The van der Waals surface area contributed by atoms with Crippen LogP contribution >= 0.6 is 0 Å². The van der Waals surface area contributed by atoms with Crippen LogP contribution in [0, 0.1) is 0 Å². The minimum absolute atomic E-state index is 0.00588. The number of likely N-dealkylation sites (N-methyl/N-ethyl adjacent to an activating group) is 1. The summed E-state index contributed by atoms with van der Waals surface area (Å²) in [7, 11) is 1.63. The van der Waals surface area contributed by atoms with Crippen molar-refractivity contribution in [2.45, 2.75) is 18.9 Å². The molecule has 0 aliphatic carbocycles. The van der Waals surface area contributed by atoms with Gasteiger partial charge >= 0.3 is 0 Å². The van der Waals surface area contributed by atoms with E-state index in [2.05, 4.69) is 10.6 Å². The van der Waals surface area contributed by atoms with Crippen molar-refractivity contribution in [2.24, 2.45) is 0 Å². The quantitative estimate of drug-likeness (QED) is 0.647. The molecule has 0 saturated heterocycles. The van der Waals surface area contributed by atoms with Gasteiger partial charge < -0.3 is 15.4 Å². The van der Waals surface area contributed by atoms with Gasteiger partial charge in [0.2, 0.25) is 5.91 Å². The van der Waals surface area contributed by atoms with Crippen LogP contribution in [0.25, 0.3) is 0 Å². The van der Waals surface area contributed by atoms with E-state index in [9.17, 15) is 4.79 Å². The number of carbonyl (C=O) groups is 1. The maximum Gasteiger partial charge on any atom is 0.233 e. The molecule has 0 saturated carbocycles. The van der Waals surface area contributed by atoms with Gasteiger partial charge in [0.15, 0.2) is 0 Å². The van der Waals surface area contributed by atoms with Gasteiger partial charge in [-0.25, -0.2) is 0 Å². The average Bonchev–Trinajstić information content (AvgIpc) is 2.19. The van der Waals surface area contributed by atoms with Crippen molar-refractivity contribution >= 4 is 5.91 Å². The van der Waals surface area contributed by atoms with E-state index in [1.54, 1.807) is 13.3 Å². The van der Waals surface area contributed by atoms with E-state index in [-0.39, 0.29) is 12.0 Å². The molecule has 0 fully saturated rings. The number of hydrogen-bond acceptors (Lipinski definition) is 3. The maximum atomic E-state index is 10.8. The highest BCUT2D eigenvalue weighted by molar-refractivity contribution is 5.77. The van der Waals surface area contributed by atoms with Crippen LogP contribution in [0.5, 0.6) is 0 Å². The fourth-order valence-electron chi connectivity index (χ4n) is 1.17. The fraction of sp³-hybridized carbons (Fsp3) is 0.667. The Balaban J connectivity index is 2.05. The van der Waals surface area contributed by atoms with Crippen molar-refractivity contribution in [1.29, 1.82) is 0 Å². The number of rotatable bonds is 4. The van der Waals surface area contributed by atoms with Gasteiger partial charge in [-0.05, 0) is 18.9 Å². The Labute approximate surface area is 78.3 Å². The van der Waals surface area contributed by atoms with Gasteiger partial charge in [0.05, 0.1) is 12.8 Å². The number of hydrogen-bond donors (Lipinski definition) is 2. The smallest absolute Gasteiger partial charge is 0.233 e. The van der Waals surface area contributed by atoms with Crippen LogP contribution in [0.1, 0.15) is 12.8 Å². The normalized spacial score (nSPS) is 20.8. The molecule has 1 amide bonds. The number of carbonyl (C=O) groups excluding carboxylic acids is 1. The van der Waals surface area contributed by atoms with Crippen molar-refractivity contribution in [3.05, 3.63) is 12.3 Å². The zero-order valence-corrected chi connectivity index (χ0v) is 7.88. The standard InChI is InChI=1S/C9H16N2O2/c1-10-9(12)7-11-6-8-4-2-3-5-13-8/h3,5,8,11H,2,4,6-7H2,1H3,(H,10,12). The number of allylic oxidation sites excluding steroid dienone is 1. The third-order valence-electron chi connectivity index (χ3n) is 1.96. The van der Waals surface area contributed by atoms with Crippen molar-refractivity contribution in [2.75, 3.05) is 20.1 Å². The second kappa shape index (κ2) is 5.59. The molecule has 0 bridgehead atoms. The lowest BCUT2D eigenvalue weighted by Crippen LogP contribution is -2.36. The van der Waals surface area contributed by atoms with Crippen LogP contribution in [0.15, 0.2) is 12.3 Å². The molecule has 1 heterocycles. The van der Waals surface area contributed by atoms with E-state index in [0.29, 0.717) is 6.54 Å². The minimum atomic E-state index is 0.00588. The lowest BCUT2D eigenvalue weighted by molar-refractivity contribution is -0.119. The van der Waals surface area contributed by atoms with Crippen LogP contribution < -0.4 is 10.6 Å². The van der Waals surface area contributed by atoms with Crippen molar-refractivity contribution < 1.29 is 9.53 Å². The van der Waals surface area contributed by atoms with Crippen molar-refractivity contribution in [3.63, 3.8) is 0 Å². The molecule has 1 atom stereocenters. The zero-order valence-electron chi connectivity index (χ0n) is 7.88. The number of amides is 1. The molecular formula is C9H16N2O2. The number of ether oxygens (including phenoxy) is 1. The lowest BCUT2D eigenvalue weighted by Gasteiger charge is -2.19. The molecule has 0 radical (unpaired) electrons. The molecular weight excluding hydrogens is 168 g/mol. The molecule has 1 unspecified atom stereocenters. The Kier molecular flexibility index (Phi) is 4.32. The monoisotopic (exact) mass is 184 g/mol. The van der Waals surface area contributed by atoms with Crippen LogP contribution in [0.3, 0.4) is 0 Å². The summed E-state index contributed by atoms with van der Waals surface area (Å²) in [6, 6.07) is 0. The summed E-state index contributed by atoms with van der Waals surface area (Å²) >= 11 is 0. The molecule has 0 spiro atoms. The molecule has 4 heteroatoms. The summed E-state index contributed by atoms with van der Waals surface area (Å²) in [6.45, 7) is 1.10. The molecule has 0 aromatic heterocycles. The zero-order chi connectivity index (χ0) is 9.52. The summed E-state index contributed by atoms with van der Waals surface area (Å²) in [4.78, 5) is 10.8. The summed E-state index contributed by atoms with van der Waals surface area (Å²) in [5, 5.41) is 5.58. The second-order valence-electron chi connectivity index (χ2n) is 3.01. The van der Waals surface area contributed by atoms with Gasteiger partial charge in [0, 0.05) is 13.6 Å². The Bertz CT molecular complexity index is 192. The van der Waals surface area contributed by atoms with Gasteiger partial charge in [-0.2, -0.15) is 0 Å². The van der Waals surface area contributed by atoms with E-state index in [0.717, 1.165) is 19.4 Å². The van der Waals surface area contributed by atoms with E-state index in [1.807, 2.05) is 6.08 Å². The summed E-state index contributed by atoms with van der Waals surface area (Å²) in [5.74, 6) is 0.00588. The van der Waals surface area contributed by atoms with Crippen LogP contribution in [-0.4, -0.2) is 32.1 Å². The summed E-state index contributed by atoms with van der Waals surface area (Å²) in [6.07, 6.45) is 6.05. The first kappa shape index (κ1) is 10.1. The maximum absolute atomic E-state index is 10.8. The molecule has 1 aliphatic rings. The molecule has 74 valence electrons. The SMILES string of the molecule is CNC(=O)CNCC1CCC=CO1. The van der Waals surface area contributed by atoms with Gasteiger partial charge in [-0.15, -0.1) is 0 Å². The lowest BCUT2D eigenvalue weighted by atomic mass is 10.1. The fourth-order valence-corrected chi connectivity index (χ4v) is 1.17. The van der Waals surface area contributed by atoms with Gasteiger partial charge in [0.25, 0.3) is 0 Å². The molecule has 0 aromatic rings. The first-order valence-electron chi connectivity index (χ1n) is 4.54. The highest BCUT2D eigenvalue weighted by atomic mass is 16.5. The molecule has 2 N–H and O–H groups in total. The summed E-state index contributed by atoms with van der Waals surface area (Å²) in [5.41, 5.74) is 0. The van der Waals surface area contributed by atoms with E-state index in [4.69, 9.17) is 4.74 Å². The van der Waals surface area contributed by atoms with Crippen molar-refractivity contribution in [3.8, 4) is 0 Å².